The standard InChI is InChI=1S/C25H28N8O2/c1-4-22-26-25-21(14-32(16-31(25)2)15-23(34)35-3)33(22)13-17-9-11-18(12-10-17)19-7-5-6-8-20(19)24-27-29-30-28-24/h5-12H,4,13-16H2,1-3H3,(H,27,28,29,30). The van der Waals surface area contributed by atoms with Gasteiger partial charge in [-0.2, -0.15) is 5.21 Å². The van der Waals surface area contributed by atoms with E-state index >= 15 is 0 Å². The second-order valence-corrected chi connectivity index (χ2v) is 8.62. The van der Waals surface area contributed by atoms with Gasteiger partial charge in [0.05, 0.1) is 26.0 Å². The Morgan fingerprint density at radius 2 is 1.89 bits per heavy atom. The van der Waals surface area contributed by atoms with Crippen LogP contribution in [0.4, 0.5) is 5.82 Å². The molecule has 0 fully saturated rings. The minimum Gasteiger partial charge on any atom is -0.468 e. The van der Waals surface area contributed by atoms with E-state index < -0.39 is 0 Å². The van der Waals surface area contributed by atoms with Crippen LogP contribution in [0.1, 0.15) is 24.0 Å². The van der Waals surface area contributed by atoms with E-state index in [1.807, 2.05) is 25.2 Å². The van der Waals surface area contributed by atoms with Crippen LogP contribution in [0.2, 0.25) is 0 Å². The van der Waals surface area contributed by atoms with Crippen LogP contribution in [0.15, 0.2) is 48.5 Å². The van der Waals surface area contributed by atoms with E-state index in [-0.39, 0.29) is 12.5 Å². The number of esters is 1. The van der Waals surface area contributed by atoms with Crippen molar-refractivity contribution in [3.8, 4) is 22.5 Å². The number of aromatic nitrogens is 6. The Kier molecular flexibility index (Phi) is 6.28. The van der Waals surface area contributed by atoms with Crippen molar-refractivity contribution in [1.29, 1.82) is 0 Å². The average Bonchev–Trinajstić information content (AvgIpc) is 3.53. The van der Waals surface area contributed by atoms with Crippen molar-refractivity contribution < 1.29 is 9.53 Å². The number of aryl methyl sites for hydroxylation is 1. The molecule has 2 aromatic heterocycles. The summed E-state index contributed by atoms with van der Waals surface area (Å²) in [6.45, 7) is 4.36. The Morgan fingerprint density at radius 1 is 1.11 bits per heavy atom. The van der Waals surface area contributed by atoms with Gasteiger partial charge in [0.1, 0.15) is 5.82 Å². The molecule has 0 spiro atoms. The zero-order valence-corrected chi connectivity index (χ0v) is 20.1. The fourth-order valence-corrected chi connectivity index (χ4v) is 4.60. The molecular formula is C25H28N8O2. The minimum atomic E-state index is -0.236. The van der Waals surface area contributed by atoms with Crippen LogP contribution in [-0.2, 0) is 29.0 Å². The number of rotatable bonds is 7. The number of H-pyrrole nitrogens is 1. The molecular weight excluding hydrogens is 444 g/mol. The van der Waals surface area contributed by atoms with E-state index in [0.29, 0.717) is 25.6 Å². The fourth-order valence-electron chi connectivity index (χ4n) is 4.60. The number of ether oxygens (including phenoxy) is 1. The molecule has 4 aromatic rings. The molecule has 0 unspecified atom stereocenters. The number of aromatic amines is 1. The number of hydrogen-bond acceptors (Lipinski definition) is 8. The van der Waals surface area contributed by atoms with Gasteiger partial charge in [-0.25, -0.2) is 4.98 Å². The molecule has 10 heteroatoms. The number of fused-ring (bicyclic) bond motifs is 1. The number of hydrogen-bond donors (Lipinski definition) is 1. The van der Waals surface area contributed by atoms with Gasteiger partial charge in [-0.05, 0) is 21.9 Å². The number of nitrogens with one attached hydrogen (secondary N) is 1. The second-order valence-electron chi connectivity index (χ2n) is 8.62. The van der Waals surface area contributed by atoms with Crippen LogP contribution in [0.3, 0.4) is 0 Å². The molecule has 0 saturated heterocycles. The lowest BCUT2D eigenvalue weighted by Crippen LogP contribution is -2.43. The summed E-state index contributed by atoms with van der Waals surface area (Å²) in [7, 11) is 3.43. The largest absolute Gasteiger partial charge is 0.468 e. The lowest BCUT2D eigenvalue weighted by Gasteiger charge is -2.33. The van der Waals surface area contributed by atoms with Crippen molar-refractivity contribution in [1.82, 2.24) is 35.1 Å². The summed E-state index contributed by atoms with van der Waals surface area (Å²) in [5.74, 6) is 2.35. The van der Waals surface area contributed by atoms with E-state index in [1.54, 1.807) is 0 Å². The van der Waals surface area contributed by atoms with Gasteiger partial charge in [-0.1, -0.05) is 55.5 Å². The molecule has 0 aliphatic carbocycles. The average molecular weight is 473 g/mol. The number of benzene rings is 2. The maximum absolute atomic E-state index is 11.9. The summed E-state index contributed by atoms with van der Waals surface area (Å²) in [6, 6.07) is 16.6. The SMILES string of the molecule is CCc1nc2c(n1Cc1ccc(-c3ccccc3-c3nn[nH]n3)cc1)CN(CC(=O)OC)CN2C. The Balaban J connectivity index is 1.42. The van der Waals surface area contributed by atoms with Crippen LogP contribution < -0.4 is 4.90 Å². The first-order valence-electron chi connectivity index (χ1n) is 11.6. The zero-order chi connectivity index (χ0) is 24.4. The predicted octanol–water partition coefficient (Wildman–Crippen LogP) is 2.72. The Bertz CT molecular complexity index is 1310. The first kappa shape index (κ1) is 22.7. The summed E-state index contributed by atoms with van der Waals surface area (Å²) < 4.78 is 7.15. The van der Waals surface area contributed by atoms with Crippen LogP contribution in [0, 0.1) is 0 Å². The molecule has 0 bridgehead atoms. The summed E-state index contributed by atoms with van der Waals surface area (Å²) in [5.41, 5.74) is 5.36. The topological polar surface area (TPSA) is 105 Å². The summed E-state index contributed by atoms with van der Waals surface area (Å²) in [4.78, 5) is 20.9. The quantitative estimate of drug-likeness (QED) is 0.410. The third-order valence-corrected chi connectivity index (χ3v) is 6.29. The zero-order valence-electron chi connectivity index (χ0n) is 20.1. The number of carbonyl (C=O) groups is 1. The Labute approximate surface area is 203 Å². The predicted molar refractivity (Wildman–Crippen MR) is 131 cm³/mol. The molecule has 1 aliphatic rings. The molecule has 0 radical (unpaired) electrons. The normalized spacial score (nSPS) is 13.6. The van der Waals surface area contributed by atoms with Gasteiger partial charge in [-0.3, -0.25) is 9.69 Å². The maximum Gasteiger partial charge on any atom is 0.319 e. The molecule has 5 rings (SSSR count). The highest BCUT2D eigenvalue weighted by molar-refractivity contribution is 5.80. The molecule has 10 nitrogen and oxygen atoms in total. The van der Waals surface area contributed by atoms with Crippen molar-refractivity contribution in [2.75, 3.05) is 32.3 Å². The number of imidazole rings is 1. The highest BCUT2D eigenvalue weighted by Gasteiger charge is 2.28. The highest BCUT2D eigenvalue weighted by atomic mass is 16.5. The van der Waals surface area contributed by atoms with Crippen LogP contribution in [0.25, 0.3) is 22.5 Å². The van der Waals surface area contributed by atoms with Gasteiger partial charge in [0.2, 0.25) is 5.82 Å². The molecule has 35 heavy (non-hydrogen) atoms. The van der Waals surface area contributed by atoms with E-state index in [1.165, 1.54) is 12.7 Å². The number of carbonyl (C=O) groups excluding carboxylic acids is 1. The number of nitrogens with zero attached hydrogens (tertiary/aromatic N) is 7. The summed E-state index contributed by atoms with van der Waals surface area (Å²) >= 11 is 0. The van der Waals surface area contributed by atoms with Gasteiger partial charge in [-0.15, -0.1) is 10.2 Å². The Hall–Kier alpha value is -4.05. The second kappa shape index (κ2) is 9.67. The van der Waals surface area contributed by atoms with Crippen LogP contribution >= 0.6 is 0 Å². The van der Waals surface area contributed by atoms with E-state index in [2.05, 4.69) is 72.2 Å². The summed E-state index contributed by atoms with van der Waals surface area (Å²) in [5, 5.41) is 14.5. The monoisotopic (exact) mass is 472 g/mol. The molecule has 1 N–H and O–H groups in total. The van der Waals surface area contributed by atoms with E-state index in [9.17, 15) is 4.79 Å². The molecule has 0 amide bonds. The van der Waals surface area contributed by atoms with Gasteiger partial charge in [0.15, 0.2) is 5.82 Å². The third kappa shape index (κ3) is 4.52. The van der Waals surface area contributed by atoms with Crippen molar-refractivity contribution in [3.05, 3.63) is 65.6 Å². The highest BCUT2D eigenvalue weighted by Crippen LogP contribution is 2.31. The lowest BCUT2D eigenvalue weighted by molar-refractivity contribution is -0.142. The number of methoxy groups -OCH3 is 1. The van der Waals surface area contributed by atoms with E-state index in [0.717, 1.165) is 40.4 Å². The molecule has 180 valence electrons. The van der Waals surface area contributed by atoms with E-state index in [4.69, 9.17) is 9.72 Å². The number of tetrazole rings is 1. The van der Waals surface area contributed by atoms with Crippen LogP contribution in [-0.4, -0.2) is 68.4 Å². The van der Waals surface area contributed by atoms with Gasteiger partial charge < -0.3 is 14.2 Å². The van der Waals surface area contributed by atoms with Crippen molar-refractivity contribution in [3.63, 3.8) is 0 Å². The van der Waals surface area contributed by atoms with Gasteiger partial charge >= 0.3 is 5.97 Å². The fraction of sp³-hybridized carbons (Fsp3) is 0.320. The van der Waals surface area contributed by atoms with Crippen LogP contribution in [0.5, 0.6) is 0 Å². The summed E-state index contributed by atoms with van der Waals surface area (Å²) in [6.07, 6.45) is 0.827. The molecule has 0 saturated carbocycles. The first-order valence-corrected chi connectivity index (χ1v) is 11.6. The minimum absolute atomic E-state index is 0.236. The Morgan fingerprint density at radius 3 is 2.57 bits per heavy atom. The smallest absolute Gasteiger partial charge is 0.319 e. The molecule has 3 heterocycles. The first-order chi connectivity index (χ1) is 17.1. The molecule has 1 aliphatic heterocycles. The molecule has 2 aromatic carbocycles. The third-order valence-electron chi connectivity index (χ3n) is 6.29. The lowest BCUT2D eigenvalue weighted by atomic mass is 9.98. The van der Waals surface area contributed by atoms with Crippen molar-refractivity contribution in [2.45, 2.75) is 26.4 Å². The molecule has 0 atom stereocenters. The number of anilines is 1. The maximum atomic E-state index is 11.9. The van der Waals surface area contributed by atoms with Gasteiger partial charge in [0, 0.05) is 32.1 Å². The van der Waals surface area contributed by atoms with Crippen molar-refractivity contribution in [2.24, 2.45) is 0 Å². The van der Waals surface area contributed by atoms with Gasteiger partial charge in [0.25, 0.3) is 0 Å². The van der Waals surface area contributed by atoms with Crippen molar-refractivity contribution >= 4 is 11.8 Å².